The van der Waals surface area contributed by atoms with Crippen molar-refractivity contribution in [1.82, 2.24) is 5.32 Å². The molecule has 0 radical (unpaired) electrons. The average Bonchev–Trinajstić information content (AvgIpc) is 3.20. The molecular formula is C17H21NO3. The zero-order valence-electron chi connectivity index (χ0n) is 12.5. The second-order valence-corrected chi connectivity index (χ2v) is 6.94. The second-order valence-electron chi connectivity index (χ2n) is 6.94. The summed E-state index contributed by atoms with van der Waals surface area (Å²) in [5.74, 6) is -1.29. The maximum absolute atomic E-state index is 12.6. The van der Waals surface area contributed by atoms with Gasteiger partial charge in [-0.2, -0.15) is 0 Å². The van der Waals surface area contributed by atoms with Crippen molar-refractivity contribution >= 4 is 11.9 Å². The normalized spacial score (nSPS) is 24.8. The van der Waals surface area contributed by atoms with Gasteiger partial charge in [0, 0.05) is 0 Å². The standard InChI is InChI=1S/C17H21NO3/c1-16(2)8-7-12(11-5-3-4-6-13(11)16)14(19)18-17(9-10-17)15(20)21/h3-6,12H,7-10H2,1-2H3,(H,18,19)(H,20,21)/t12-/m0/s1. The number of carbonyl (C=O) groups excluding carboxylic acids is 1. The summed E-state index contributed by atoms with van der Waals surface area (Å²) in [4.78, 5) is 23.8. The van der Waals surface area contributed by atoms with Gasteiger partial charge in [-0.15, -0.1) is 0 Å². The van der Waals surface area contributed by atoms with Crippen molar-refractivity contribution in [1.29, 1.82) is 0 Å². The molecule has 0 aliphatic heterocycles. The van der Waals surface area contributed by atoms with Crippen LogP contribution in [0.4, 0.5) is 0 Å². The lowest BCUT2D eigenvalue weighted by Gasteiger charge is -2.36. The van der Waals surface area contributed by atoms with E-state index < -0.39 is 11.5 Å². The summed E-state index contributed by atoms with van der Waals surface area (Å²) >= 11 is 0. The fourth-order valence-corrected chi connectivity index (χ4v) is 3.33. The quantitative estimate of drug-likeness (QED) is 0.898. The summed E-state index contributed by atoms with van der Waals surface area (Å²) in [5, 5.41) is 12.0. The van der Waals surface area contributed by atoms with Crippen LogP contribution in [-0.4, -0.2) is 22.5 Å². The van der Waals surface area contributed by atoms with Gasteiger partial charge in [0.2, 0.25) is 5.91 Å². The summed E-state index contributed by atoms with van der Waals surface area (Å²) < 4.78 is 0. The molecule has 0 heterocycles. The smallest absolute Gasteiger partial charge is 0.329 e. The number of hydrogen-bond donors (Lipinski definition) is 2. The van der Waals surface area contributed by atoms with Crippen molar-refractivity contribution in [3.8, 4) is 0 Å². The van der Waals surface area contributed by atoms with Crippen molar-refractivity contribution in [2.45, 2.75) is 56.4 Å². The van der Waals surface area contributed by atoms with Crippen LogP contribution in [-0.2, 0) is 15.0 Å². The van der Waals surface area contributed by atoms with E-state index in [0.717, 1.165) is 18.4 Å². The molecule has 2 N–H and O–H groups in total. The van der Waals surface area contributed by atoms with Gasteiger partial charge in [0.25, 0.3) is 0 Å². The first-order chi connectivity index (χ1) is 9.86. The summed E-state index contributed by atoms with van der Waals surface area (Å²) in [7, 11) is 0. The first-order valence-corrected chi connectivity index (χ1v) is 7.51. The predicted molar refractivity (Wildman–Crippen MR) is 79.2 cm³/mol. The molecule has 0 saturated heterocycles. The molecule has 1 aromatic carbocycles. The highest BCUT2D eigenvalue weighted by atomic mass is 16.4. The molecule has 0 bridgehead atoms. The van der Waals surface area contributed by atoms with Crippen LogP contribution in [0.2, 0.25) is 0 Å². The minimum Gasteiger partial charge on any atom is -0.480 e. The van der Waals surface area contributed by atoms with E-state index in [1.54, 1.807) is 0 Å². The third kappa shape index (κ3) is 2.33. The van der Waals surface area contributed by atoms with Gasteiger partial charge < -0.3 is 10.4 Å². The van der Waals surface area contributed by atoms with E-state index in [-0.39, 0.29) is 17.2 Å². The molecular weight excluding hydrogens is 266 g/mol. The zero-order valence-corrected chi connectivity index (χ0v) is 12.5. The largest absolute Gasteiger partial charge is 0.480 e. The summed E-state index contributed by atoms with van der Waals surface area (Å²) in [6, 6.07) is 8.03. The van der Waals surface area contributed by atoms with Gasteiger partial charge in [0.15, 0.2) is 0 Å². The summed E-state index contributed by atoms with van der Waals surface area (Å²) in [6.45, 7) is 4.39. The van der Waals surface area contributed by atoms with Crippen LogP contribution in [0.1, 0.15) is 56.6 Å². The number of aliphatic carboxylic acids is 1. The highest BCUT2D eigenvalue weighted by Crippen LogP contribution is 2.43. The van der Waals surface area contributed by atoms with Gasteiger partial charge in [-0.05, 0) is 42.2 Å². The molecule has 0 unspecified atom stereocenters. The van der Waals surface area contributed by atoms with Crippen molar-refractivity contribution < 1.29 is 14.7 Å². The SMILES string of the molecule is CC1(C)CC[C@H](C(=O)NC2(C(=O)O)CC2)c2ccccc21. The Morgan fingerprint density at radius 3 is 2.48 bits per heavy atom. The van der Waals surface area contributed by atoms with Crippen LogP contribution >= 0.6 is 0 Å². The van der Waals surface area contributed by atoms with Crippen molar-refractivity contribution in [2.75, 3.05) is 0 Å². The van der Waals surface area contributed by atoms with Gasteiger partial charge in [0.05, 0.1) is 5.92 Å². The number of fused-ring (bicyclic) bond motifs is 1. The van der Waals surface area contributed by atoms with Gasteiger partial charge >= 0.3 is 5.97 Å². The number of carboxylic acid groups (broad SMARTS) is 1. The van der Waals surface area contributed by atoms with E-state index in [9.17, 15) is 14.7 Å². The number of nitrogens with one attached hydrogen (secondary N) is 1. The number of amides is 1. The average molecular weight is 287 g/mol. The van der Waals surface area contributed by atoms with E-state index in [1.807, 2.05) is 18.2 Å². The summed E-state index contributed by atoms with van der Waals surface area (Å²) in [5.41, 5.74) is 1.32. The van der Waals surface area contributed by atoms with Gasteiger partial charge in [-0.25, -0.2) is 4.79 Å². The van der Waals surface area contributed by atoms with Crippen molar-refractivity contribution in [3.05, 3.63) is 35.4 Å². The Balaban J connectivity index is 1.87. The Hall–Kier alpha value is -1.84. The molecule has 1 fully saturated rings. The number of carboxylic acids is 1. The van der Waals surface area contributed by atoms with Crippen LogP contribution in [0.15, 0.2) is 24.3 Å². The minimum absolute atomic E-state index is 0.0669. The molecule has 0 spiro atoms. The molecule has 4 nitrogen and oxygen atoms in total. The first kappa shape index (κ1) is 14.1. The predicted octanol–water partition coefficient (Wildman–Crippen LogP) is 2.58. The van der Waals surface area contributed by atoms with Gasteiger partial charge in [-0.3, -0.25) is 4.79 Å². The number of benzene rings is 1. The van der Waals surface area contributed by atoms with Gasteiger partial charge in [0.1, 0.15) is 5.54 Å². The third-order valence-corrected chi connectivity index (χ3v) is 4.96. The van der Waals surface area contributed by atoms with Crippen LogP contribution in [0.25, 0.3) is 0 Å². The highest BCUT2D eigenvalue weighted by molar-refractivity contribution is 5.92. The zero-order chi connectivity index (χ0) is 15.3. The minimum atomic E-state index is -1.00. The second kappa shape index (κ2) is 4.58. The van der Waals surface area contributed by atoms with Crippen molar-refractivity contribution in [3.63, 3.8) is 0 Å². The van der Waals surface area contributed by atoms with E-state index in [0.29, 0.717) is 12.8 Å². The molecule has 2 aliphatic carbocycles. The van der Waals surface area contributed by atoms with E-state index in [1.165, 1.54) is 5.56 Å². The third-order valence-electron chi connectivity index (χ3n) is 4.96. The summed E-state index contributed by atoms with van der Waals surface area (Å²) in [6.07, 6.45) is 2.77. The molecule has 3 rings (SSSR count). The topological polar surface area (TPSA) is 66.4 Å². The Morgan fingerprint density at radius 2 is 1.86 bits per heavy atom. The first-order valence-electron chi connectivity index (χ1n) is 7.51. The van der Waals surface area contributed by atoms with E-state index in [2.05, 4.69) is 25.2 Å². The lowest BCUT2D eigenvalue weighted by molar-refractivity contribution is -0.143. The Morgan fingerprint density at radius 1 is 1.19 bits per heavy atom. The molecule has 1 saturated carbocycles. The molecule has 1 atom stereocenters. The monoisotopic (exact) mass is 287 g/mol. The lowest BCUT2D eigenvalue weighted by atomic mass is 9.68. The fourth-order valence-electron chi connectivity index (χ4n) is 3.33. The Bertz CT molecular complexity index is 602. The molecule has 2 aliphatic rings. The molecule has 1 aromatic rings. The van der Waals surface area contributed by atoms with Crippen LogP contribution in [0, 0.1) is 0 Å². The van der Waals surface area contributed by atoms with Crippen LogP contribution in [0.5, 0.6) is 0 Å². The van der Waals surface area contributed by atoms with Crippen molar-refractivity contribution in [2.24, 2.45) is 0 Å². The molecule has 4 heteroatoms. The number of rotatable bonds is 3. The van der Waals surface area contributed by atoms with Crippen LogP contribution < -0.4 is 5.32 Å². The highest BCUT2D eigenvalue weighted by Gasteiger charge is 2.52. The van der Waals surface area contributed by atoms with E-state index in [4.69, 9.17) is 0 Å². The van der Waals surface area contributed by atoms with Crippen LogP contribution in [0.3, 0.4) is 0 Å². The lowest BCUT2D eigenvalue weighted by Crippen LogP contribution is -2.46. The van der Waals surface area contributed by atoms with Gasteiger partial charge in [-0.1, -0.05) is 38.1 Å². The van der Waals surface area contributed by atoms with E-state index >= 15 is 0 Å². The molecule has 112 valence electrons. The maximum atomic E-state index is 12.6. The number of carbonyl (C=O) groups is 2. The fraction of sp³-hybridized carbons (Fsp3) is 0.529. The molecule has 0 aromatic heterocycles. The number of hydrogen-bond acceptors (Lipinski definition) is 2. The Kier molecular flexibility index (Phi) is 3.08. The molecule has 21 heavy (non-hydrogen) atoms. The maximum Gasteiger partial charge on any atom is 0.329 e. The molecule has 1 amide bonds. The Labute approximate surface area is 124 Å².